The number of benzene rings is 2. The van der Waals surface area contributed by atoms with E-state index in [4.69, 9.17) is 4.74 Å². The van der Waals surface area contributed by atoms with Gasteiger partial charge in [0.15, 0.2) is 0 Å². The molecular weight excluding hydrogens is 254 g/mol. The minimum absolute atomic E-state index is 0.160. The highest BCUT2D eigenvalue weighted by atomic mass is 16.5. The van der Waals surface area contributed by atoms with E-state index in [0.717, 1.165) is 5.56 Å². The summed E-state index contributed by atoms with van der Waals surface area (Å²) in [6.45, 7) is 0.160. The second-order valence-electron chi connectivity index (χ2n) is 4.17. The highest BCUT2D eigenvalue weighted by molar-refractivity contribution is 5.74. The Bertz CT molecular complexity index is 554. The monoisotopic (exact) mass is 268 g/mol. The third-order valence-electron chi connectivity index (χ3n) is 2.73. The molecule has 0 saturated carbocycles. The summed E-state index contributed by atoms with van der Waals surface area (Å²) < 4.78 is 5.05. The first-order chi connectivity index (χ1) is 9.79. The third kappa shape index (κ3) is 3.95. The van der Waals surface area contributed by atoms with E-state index < -0.39 is 12.1 Å². The fourth-order valence-corrected chi connectivity index (χ4v) is 1.71. The quantitative estimate of drug-likeness (QED) is 0.907. The fraction of sp³-hybridized carbons (Fsp3) is 0.125. The van der Waals surface area contributed by atoms with Crippen molar-refractivity contribution in [2.24, 2.45) is 0 Å². The lowest BCUT2D eigenvalue weighted by Gasteiger charge is -2.12. The van der Waals surface area contributed by atoms with Crippen molar-refractivity contribution in [2.75, 3.05) is 0 Å². The van der Waals surface area contributed by atoms with E-state index in [1.54, 1.807) is 30.6 Å². The highest BCUT2D eigenvalue weighted by Gasteiger charge is 2.14. The van der Waals surface area contributed by atoms with Crippen LogP contribution in [0.2, 0.25) is 0 Å². The summed E-state index contributed by atoms with van der Waals surface area (Å²) in [5.74, 6) is 0. The zero-order valence-electron chi connectivity index (χ0n) is 10.8. The molecule has 1 unspecified atom stereocenters. The van der Waals surface area contributed by atoms with Gasteiger partial charge in [0.2, 0.25) is 6.29 Å². The molecule has 2 rings (SSSR count). The van der Waals surface area contributed by atoms with Crippen molar-refractivity contribution >= 4 is 12.4 Å². The van der Waals surface area contributed by atoms with Crippen molar-refractivity contribution in [1.29, 1.82) is 0 Å². The van der Waals surface area contributed by atoms with Gasteiger partial charge in [-0.15, -0.1) is 0 Å². The molecule has 1 atom stereocenters. The second kappa shape index (κ2) is 7.09. The van der Waals surface area contributed by atoms with Crippen molar-refractivity contribution in [2.45, 2.75) is 12.6 Å². The molecule has 4 heteroatoms. The number of rotatable bonds is 5. The molecule has 0 aromatic heterocycles. The largest absolute Gasteiger partial charge is 0.445 e. The maximum Gasteiger partial charge on any atom is 0.408 e. The summed E-state index contributed by atoms with van der Waals surface area (Å²) in [7, 11) is 0. The van der Waals surface area contributed by atoms with Crippen molar-refractivity contribution in [3.8, 4) is 0 Å². The lowest BCUT2D eigenvalue weighted by molar-refractivity contribution is 0.138. The molecule has 0 bridgehead atoms. The maximum absolute atomic E-state index is 11.6. The number of amides is 1. The van der Waals surface area contributed by atoms with Crippen LogP contribution in [-0.4, -0.2) is 12.4 Å². The molecule has 1 N–H and O–H groups in total. The van der Waals surface area contributed by atoms with Gasteiger partial charge < -0.3 is 10.1 Å². The molecule has 0 aliphatic carbocycles. The Morgan fingerprint density at radius 2 is 1.65 bits per heavy atom. The van der Waals surface area contributed by atoms with Gasteiger partial charge in [-0.1, -0.05) is 60.7 Å². The van der Waals surface area contributed by atoms with E-state index in [1.807, 2.05) is 36.4 Å². The van der Waals surface area contributed by atoms with Crippen LogP contribution in [0.1, 0.15) is 17.2 Å². The summed E-state index contributed by atoms with van der Waals surface area (Å²) in [6, 6.07) is 17.4. The number of hydrogen-bond acceptors (Lipinski definition) is 3. The lowest BCUT2D eigenvalue weighted by Crippen LogP contribution is -2.29. The van der Waals surface area contributed by atoms with E-state index in [-0.39, 0.29) is 6.61 Å². The Morgan fingerprint density at radius 1 is 1.05 bits per heavy atom. The predicted octanol–water partition coefficient (Wildman–Crippen LogP) is 2.76. The Labute approximate surface area is 117 Å². The molecule has 0 heterocycles. The Kier molecular flexibility index (Phi) is 4.89. The molecule has 0 aliphatic heterocycles. The SMILES string of the molecule is O=[C]C(NC(=O)OCc1ccccc1)c1ccccc1. The summed E-state index contributed by atoms with van der Waals surface area (Å²) in [5, 5.41) is 2.47. The van der Waals surface area contributed by atoms with E-state index in [2.05, 4.69) is 5.32 Å². The molecule has 0 aliphatic rings. The van der Waals surface area contributed by atoms with E-state index in [0.29, 0.717) is 5.56 Å². The average molecular weight is 268 g/mol. The van der Waals surface area contributed by atoms with Crippen LogP contribution in [-0.2, 0) is 16.1 Å². The Balaban J connectivity index is 1.88. The summed E-state index contributed by atoms with van der Waals surface area (Å²) in [6.07, 6.45) is 1.14. The first-order valence-electron chi connectivity index (χ1n) is 6.19. The van der Waals surface area contributed by atoms with Crippen LogP contribution in [0.4, 0.5) is 4.79 Å². The van der Waals surface area contributed by atoms with Gasteiger partial charge in [0.25, 0.3) is 0 Å². The molecule has 1 amide bonds. The van der Waals surface area contributed by atoms with Gasteiger partial charge in [-0.3, -0.25) is 4.79 Å². The van der Waals surface area contributed by atoms with Gasteiger partial charge in [0.05, 0.1) is 0 Å². The molecule has 0 spiro atoms. The first-order valence-corrected chi connectivity index (χ1v) is 6.19. The van der Waals surface area contributed by atoms with Crippen molar-refractivity contribution in [1.82, 2.24) is 5.32 Å². The summed E-state index contributed by atoms with van der Waals surface area (Å²) in [4.78, 5) is 22.6. The van der Waals surface area contributed by atoms with E-state index in [9.17, 15) is 9.59 Å². The molecular formula is C16H14NO3. The summed E-state index contributed by atoms with van der Waals surface area (Å²) in [5.41, 5.74) is 1.55. The minimum atomic E-state index is -0.820. The smallest absolute Gasteiger partial charge is 0.408 e. The lowest BCUT2D eigenvalue weighted by atomic mass is 10.1. The van der Waals surface area contributed by atoms with Gasteiger partial charge in [0.1, 0.15) is 12.6 Å². The van der Waals surface area contributed by atoms with Crippen molar-refractivity contribution in [3.63, 3.8) is 0 Å². The number of carbonyl (C=O) groups is 1. The van der Waals surface area contributed by atoms with Crippen molar-refractivity contribution in [3.05, 3.63) is 71.8 Å². The normalized spacial score (nSPS) is 11.4. The van der Waals surface area contributed by atoms with Gasteiger partial charge in [-0.25, -0.2) is 4.79 Å². The fourth-order valence-electron chi connectivity index (χ4n) is 1.71. The molecule has 4 nitrogen and oxygen atoms in total. The van der Waals surface area contributed by atoms with E-state index >= 15 is 0 Å². The molecule has 2 aromatic rings. The predicted molar refractivity (Wildman–Crippen MR) is 74.6 cm³/mol. The highest BCUT2D eigenvalue weighted by Crippen LogP contribution is 2.10. The average Bonchev–Trinajstić information content (AvgIpc) is 2.52. The topological polar surface area (TPSA) is 55.4 Å². The first kappa shape index (κ1) is 13.8. The van der Waals surface area contributed by atoms with Gasteiger partial charge in [-0.05, 0) is 11.1 Å². The Hall–Kier alpha value is -2.62. The standard InChI is InChI=1S/C16H14NO3/c18-11-15(14-9-5-2-6-10-14)17-16(19)20-12-13-7-3-1-4-8-13/h1-10,15H,12H2,(H,17,19). The van der Waals surface area contributed by atoms with Crippen molar-refractivity contribution < 1.29 is 14.3 Å². The molecule has 0 fully saturated rings. The van der Waals surface area contributed by atoms with Crippen LogP contribution in [0, 0.1) is 0 Å². The number of nitrogens with one attached hydrogen (secondary N) is 1. The van der Waals surface area contributed by atoms with Crippen LogP contribution in [0.15, 0.2) is 60.7 Å². The van der Waals surface area contributed by atoms with E-state index in [1.165, 1.54) is 0 Å². The zero-order chi connectivity index (χ0) is 14.2. The van der Waals surface area contributed by atoms with Crippen LogP contribution in [0.5, 0.6) is 0 Å². The molecule has 101 valence electrons. The van der Waals surface area contributed by atoms with Crippen LogP contribution in [0.25, 0.3) is 0 Å². The molecule has 2 aromatic carbocycles. The van der Waals surface area contributed by atoms with Gasteiger partial charge in [0, 0.05) is 0 Å². The number of alkyl carbamates (subject to hydrolysis) is 1. The second-order valence-corrected chi connectivity index (χ2v) is 4.17. The van der Waals surface area contributed by atoms with Gasteiger partial charge >= 0.3 is 6.09 Å². The number of hydrogen-bond donors (Lipinski definition) is 1. The molecule has 20 heavy (non-hydrogen) atoms. The molecule has 1 radical (unpaired) electrons. The Morgan fingerprint density at radius 3 is 2.25 bits per heavy atom. The van der Waals surface area contributed by atoms with Crippen LogP contribution in [0.3, 0.4) is 0 Å². The maximum atomic E-state index is 11.6. The van der Waals surface area contributed by atoms with Gasteiger partial charge in [-0.2, -0.15) is 0 Å². The number of ether oxygens (including phenoxy) is 1. The third-order valence-corrected chi connectivity index (χ3v) is 2.73. The summed E-state index contributed by atoms with van der Waals surface area (Å²) >= 11 is 0. The van der Waals surface area contributed by atoms with Crippen LogP contribution >= 0.6 is 0 Å². The zero-order valence-corrected chi connectivity index (χ0v) is 10.8. The minimum Gasteiger partial charge on any atom is -0.445 e. The number of carbonyl (C=O) groups excluding carboxylic acids is 2. The molecule has 0 saturated heterocycles. The van der Waals surface area contributed by atoms with Crippen LogP contribution < -0.4 is 5.32 Å².